The molecule has 1 amide bonds. The van der Waals surface area contributed by atoms with Crippen LogP contribution in [0.4, 0.5) is 4.39 Å². The van der Waals surface area contributed by atoms with Crippen LogP contribution in [0.3, 0.4) is 0 Å². The van der Waals surface area contributed by atoms with Gasteiger partial charge in [0.25, 0.3) is 5.91 Å². The second-order valence-corrected chi connectivity index (χ2v) is 6.27. The van der Waals surface area contributed by atoms with Crippen molar-refractivity contribution in [2.45, 2.75) is 31.8 Å². The van der Waals surface area contributed by atoms with Crippen LogP contribution in [0, 0.1) is 11.2 Å². The Hall–Kier alpha value is -1.62. The lowest BCUT2D eigenvalue weighted by Crippen LogP contribution is -2.53. The summed E-state index contributed by atoms with van der Waals surface area (Å²) in [4.78, 5) is 14.3. The summed E-state index contributed by atoms with van der Waals surface area (Å²) in [6.45, 7) is 1.43. The van der Waals surface area contributed by atoms with Gasteiger partial charge in [0.15, 0.2) is 11.6 Å². The Morgan fingerprint density at radius 3 is 2.50 bits per heavy atom. The summed E-state index contributed by atoms with van der Waals surface area (Å²) < 4.78 is 24.2. The van der Waals surface area contributed by atoms with Crippen molar-refractivity contribution < 1.29 is 18.7 Å². The molecule has 1 aliphatic carbocycles. The Morgan fingerprint density at radius 2 is 2.00 bits per heavy atom. The zero-order chi connectivity index (χ0) is 15.7. The summed E-state index contributed by atoms with van der Waals surface area (Å²) in [6, 6.07) is 4.38. The van der Waals surface area contributed by atoms with E-state index >= 15 is 0 Å². The number of benzene rings is 1. The maximum atomic E-state index is 13.7. The van der Waals surface area contributed by atoms with Crippen molar-refractivity contribution in [3.05, 3.63) is 29.6 Å². The number of carbonyl (C=O) groups is 1. The minimum Gasteiger partial charge on any atom is -0.494 e. The fraction of sp³-hybridized carbons (Fsp3) is 0.588. The Balaban J connectivity index is 1.66. The van der Waals surface area contributed by atoms with Gasteiger partial charge >= 0.3 is 0 Å². The number of methoxy groups -OCH3 is 2. The standard InChI is InChI=1S/C17H22FNO3/c1-21-14-4-3-12(11-13(14)18)16(20)19-9-7-17(8-10-19)6-5-15(17)22-2/h3-4,11,15H,5-10H2,1-2H3. The summed E-state index contributed by atoms with van der Waals surface area (Å²) in [5.74, 6) is -0.448. The molecule has 5 heteroatoms. The number of hydrogen-bond donors (Lipinski definition) is 0. The third kappa shape index (κ3) is 2.47. The molecule has 1 saturated heterocycles. The molecule has 120 valence electrons. The first-order chi connectivity index (χ1) is 10.6. The largest absolute Gasteiger partial charge is 0.494 e. The molecule has 2 fully saturated rings. The van der Waals surface area contributed by atoms with E-state index in [2.05, 4.69) is 0 Å². The SMILES string of the molecule is COc1ccc(C(=O)N2CCC3(CCC3OC)CC2)cc1F. The van der Waals surface area contributed by atoms with E-state index in [-0.39, 0.29) is 17.1 Å². The van der Waals surface area contributed by atoms with Crippen LogP contribution >= 0.6 is 0 Å². The molecule has 1 saturated carbocycles. The number of nitrogens with zero attached hydrogens (tertiary/aromatic N) is 1. The van der Waals surface area contributed by atoms with Crippen LogP contribution in [0.1, 0.15) is 36.0 Å². The molecule has 1 aromatic rings. The fourth-order valence-corrected chi connectivity index (χ4v) is 3.75. The summed E-state index contributed by atoms with van der Waals surface area (Å²) in [7, 11) is 3.18. The van der Waals surface area contributed by atoms with Crippen LogP contribution in [0.2, 0.25) is 0 Å². The number of ether oxygens (including phenoxy) is 2. The van der Waals surface area contributed by atoms with E-state index in [1.807, 2.05) is 4.90 Å². The van der Waals surface area contributed by atoms with Crippen molar-refractivity contribution in [2.75, 3.05) is 27.3 Å². The van der Waals surface area contributed by atoms with Gasteiger partial charge in [0.05, 0.1) is 13.2 Å². The number of piperidine rings is 1. The van der Waals surface area contributed by atoms with Gasteiger partial charge in [-0.05, 0) is 43.9 Å². The van der Waals surface area contributed by atoms with Gasteiger partial charge < -0.3 is 14.4 Å². The summed E-state index contributed by atoms with van der Waals surface area (Å²) in [5.41, 5.74) is 0.641. The fourth-order valence-electron chi connectivity index (χ4n) is 3.75. The lowest BCUT2D eigenvalue weighted by Gasteiger charge is -2.53. The van der Waals surface area contributed by atoms with Gasteiger partial charge in [-0.3, -0.25) is 4.79 Å². The van der Waals surface area contributed by atoms with E-state index < -0.39 is 5.82 Å². The predicted molar refractivity (Wildman–Crippen MR) is 80.6 cm³/mol. The van der Waals surface area contributed by atoms with Crippen molar-refractivity contribution in [2.24, 2.45) is 5.41 Å². The molecular formula is C17H22FNO3. The number of halogens is 1. The van der Waals surface area contributed by atoms with Crippen LogP contribution in [0.5, 0.6) is 5.75 Å². The van der Waals surface area contributed by atoms with E-state index in [0.29, 0.717) is 24.8 Å². The van der Waals surface area contributed by atoms with E-state index in [0.717, 1.165) is 19.3 Å². The molecule has 1 atom stereocenters. The predicted octanol–water partition coefficient (Wildman–Crippen LogP) is 2.87. The van der Waals surface area contributed by atoms with Crippen molar-refractivity contribution in [3.8, 4) is 5.75 Å². The first-order valence-electron chi connectivity index (χ1n) is 7.75. The number of carbonyl (C=O) groups excluding carboxylic acids is 1. The molecule has 2 aliphatic rings. The molecule has 1 spiro atoms. The zero-order valence-corrected chi connectivity index (χ0v) is 13.1. The molecule has 0 aromatic heterocycles. The molecular weight excluding hydrogens is 285 g/mol. The highest BCUT2D eigenvalue weighted by molar-refractivity contribution is 5.94. The molecule has 0 N–H and O–H groups in total. The van der Waals surface area contributed by atoms with Crippen molar-refractivity contribution in [1.82, 2.24) is 4.90 Å². The van der Waals surface area contributed by atoms with Gasteiger partial charge in [-0.2, -0.15) is 0 Å². The molecule has 1 heterocycles. The number of amides is 1. The van der Waals surface area contributed by atoms with Gasteiger partial charge in [-0.1, -0.05) is 0 Å². The quantitative estimate of drug-likeness (QED) is 0.862. The number of rotatable bonds is 3. The van der Waals surface area contributed by atoms with E-state index in [1.54, 1.807) is 13.2 Å². The normalized spacial score (nSPS) is 23.2. The smallest absolute Gasteiger partial charge is 0.253 e. The molecule has 3 rings (SSSR count). The van der Waals surface area contributed by atoms with Crippen molar-refractivity contribution in [1.29, 1.82) is 0 Å². The molecule has 1 aromatic carbocycles. The van der Waals surface area contributed by atoms with Crippen molar-refractivity contribution in [3.63, 3.8) is 0 Å². The molecule has 1 aliphatic heterocycles. The average molecular weight is 307 g/mol. The Kier molecular flexibility index (Phi) is 4.08. The lowest BCUT2D eigenvalue weighted by molar-refractivity contribution is -0.116. The van der Waals surface area contributed by atoms with E-state index in [1.165, 1.54) is 25.7 Å². The highest BCUT2D eigenvalue weighted by atomic mass is 19.1. The van der Waals surface area contributed by atoms with Gasteiger partial charge in [0.2, 0.25) is 0 Å². The maximum absolute atomic E-state index is 13.7. The van der Waals surface area contributed by atoms with Crippen LogP contribution in [-0.2, 0) is 4.74 Å². The molecule has 0 bridgehead atoms. The van der Waals surface area contributed by atoms with E-state index in [9.17, 15) is 9.18 Å². The maximum Gasteiger partial charge on any atom is 0.253 e. The first-order valence-corrected chi connectivity index (χ1v) is 7.75. The molecule has 1 unspecified atom stereocenters. The Labute approximate surface area is 130 Å². The van der Waals surface area contributed by atoms with Crippen LogP contribution in [-0.4, -0.2) is 44.2 Å². The Bertz CT molecular complexity index is 565. The van der Waals surface area contributed by atoms with Crippen molar-refractivity contribution >= 4 is 5.91 Å². The zero-order valence-electron chi connectivity index (χ0n) is 13.1. The summed E-state index contributed by atoms with van der Waals surface area (Å²) in [6.07, 6.45) is 4.58. The van der Waals surface area contributed by atoms with Gasteiger partial charge in [0.1, 0.15) is 0 Å². The summed E-state index contributed by atoms with van der Waals surface area (Å²) >= 11 is 0. The van der Waals surface area contributed by atoms with Gasteiger partial charge in [-0.25, -0.2) is 4.39 Å². The third-order valence-corrected chi connectivity index (χ3v) is 5.32. The molecule has 4 nitrogen and oxygen atoms in total. The monoisotopic (exact) mass is 307 g/mol. The Morgan fingerprint density at radius 1 is 1.27 bits per heavy atom. The van der Waals surface area contributed by atoms with Crippen LogP contribution in [0.25, 0.3) is 0 Å². The second kappa shape index (κ2) is 5.88. The van der Waals surface area contributed by atoms with E-state index in [4.69, 9.17) is 9.47 Å². The topological polar surface area (TPSA) is 38.8 Å². The second-order valence-electron chi connectivity index (χ2n) is 6.27. The first kappa shape index (κ1) is 15.3. The third-order valence-electron chi connectivity index (χ3n) is 5.32. The molecule has 0 radical (unpaired) electrons. The number of hydrogen-bond acceptors (Lipinski definition) is 3. The number of likely N-dealkylation sites (tertiary alicyclic amines) is 1. The van der Waals surface area contributed by atoms with Gasteiger partial charge in [0, 0.05) is 31.2 Å². The van der Waals surface area contributed by atoms with Crippen LogP contribution in [0.15, 0.2) is 18.2 Å². The highest BCUT2D eigenvalue weighted by Crippen LogP contribution is 2.50. The minimum absolute atomic E-state index is 0.107. The molecule has 22 heavy (non-hydrogen) atoms. The highest BCUT2D eigenvalue weighted by Gasteiger charge is 2.48. The minimum atomic E-state index is -0.500. The van der Waals surface area contributed by atoms with Gasteiger partial charge in [-0.15, -0.1) is 0 Å². The average Bonchev–Trinajstić information content (AvgIpc) is 2.53. The van der Waals surface area contributed by atoms with Crippen LogP contribution < -0.4 is 4.74 Å². The lowest BCUT2D eigenvalue weighted by atomic mass is 9.60. The summed E-state index contributed by atoms with van der Waals surface area (Å²) in [5, 5.41) is 0.